The molecule has 1 fully saturated rings. The Balaban J connectivity index is 0.00000341. The first-order chi connectivity index (χ1) is 14.4. The molecule has 9 heteroatoms. The maximum atomic E-state index is 13.8. The number of nitrogens with zero attached hydrogens (tertiary/aromatic N) is 2. The van der Waals surface area contributed by atoms with Crippen molar-refractivity contribution >= 4 is 45.5 Å². The SMILES string of the molecule is CN=C(NCCS(=O)(=O)c1ccccc1F)NC(C)c1cccc(N2CCCC2)c1.I. The maximum Gasteiger partial charge on any atom is 0.191 e. The standard InChI is InChI=1S/C22H29FN4O2S.HI/c1-17(18-8-7-9-19(16-18)27-13-5-6-14-27)26-22(24-2)25-12-15-30(28,29)21-11-4-3-10-20(21)23;/h3-4,7-11,16-17H,5-6,12-15H2,1-2H3,(H2,24,25,26);1H. The fraction of sp³-hybridized carbons (Fsp3) is 0.409. The van der Waals surface area contributed by atoms with E-state index in [1.54, 1.807) is 7.05 Å². The van der Waals surface area contributed by atoms with Crippen LogP contribution in [0.3, 0.4) is 0 Å². The molecular formula is C22H30FIN4O2S. The predicted octanol–water partition coefficient (Wildman–Crippen LogP) is 3.74. The summed E-state index contributed by atoms with van der Waals surface area (Å²) in [6, 6.07) is 13.8. The van der Waals surface area contributed by atoms with Crippen LogP contribution in [-0.2, 0) is 9.84 Å². The van der Waals surface area contributed by atoms with Gasteiger partial charge in [-0.3, -0.25) is 4.99 Å². The first kappa shape index (κ1) is 25.4. The molecule has 1 unspecified atom stereocenters. The Morgan fingerprint density at radius 3 is 2.55 bits per heavy atom. The van der Waals surface area contributed by atoms with E-state index in [9.17, 15) is 12.8 Å². The van der Waals surface area contributed by atoms with Crippen LogP contribution in [0.5, 0.6) is 0 Å². The molecular weight excluding hydrogens is 530 g/mol. The third-order valence-corrected chi connectivity index (χ3v) is 7.00. The third-order valence-electron chi connectivity index (χ3n) is 5.25. The van der Waals surface area contributed by atoms with Crippen LogP contribution in [0, 0.1) is 5.82 Å². The molecule has 2 aromatic rings. The first-order valence-corrected chi connectivity index (χ1v) is 11.9. The van der Waals surface area contributed by atoms with E-state index >= 15 is 0 Å². The molecule has 0 radical (unpaired) electrons. The van der Waals surface area contributed by atoms with Crippen LogP contribution in [0.2, 0.25) is 0 Å². The van der Waals surface area contributed by atoms with Gasteiger partial charge in [-0.15, -0.1) is 24.0 Å². The Bertz CT molecular complexity index is 995. The van der Waals surface area contributed by atoms with Crippen LogP contribution < -0.4 is 15.5 Å². The number of guanidine groups is 1. The van der Waals surface area contributed by atoms with E-state index in [0.29, 0.717) is 5.96 Å². The number of aliphatic imine (C=N–C) groups is 1. The minimum absolute atomic E-state index is 0. The lowest BCUT2D eigenvalue weighted by Crippen LogP contribution is -2.40. The summed E-state index contributed by atoms with van der Waals surface area (Å²) in [6.45, 7) is 4.33. The van der Waals surface area contributed by atoms with Gasteiger partial charge in [-0.2, -0.15) is 0 Å². The highest BCUT2D eigenvalue weighted by Crippen LogP contribution is 2.24. The number of nitrogens with one attached hydrogen (secondary N) is 2. The zero-order valence-electron chi connectivity index (χ0n) is 17.8. The number of sulfone groups is 1. The number of hydrogen-bond donors (Lipinski definition) is 2. The van der Waals surface area contributed by atoms with Gasteiger partial charge in [0.15, 0.2) is 15.8 Å². The number of anilines is 1. The van der Waals surface area contributed by atoms with Crippen molar-refractivity contribution in [3.05, 3.63) is 59.9 Å². The summed E-state index contributed by atoms with van der Waals surface area (Å²) in [5.74, 6) is -0.461. The molecule has 31 heavy (non-hydrogen) atoms. The highest BCUT2D eigenvalue weighted by atomic mass is 127. The average molecular weight is 560 g/mol. The molecule has 1 aliphatic rings. The van der Waals surface area contributed by atoms with Gasteiger partial charge >= 0.3 is 0 Å². The normalized spacial score (nSPS) is 15.3. The van der Waals surface area contributed by atoms with Crippen LogP contribution in [0.1, 0.15) is 31.4 Å². The second-order valence-electron chi connectivity index (χ2n) is 7.40. The zero-order valence-corrected chi connectivity index (χ0v) is 21.0. The summed E-state index contributed by atoms with van der Waals surface area (Å²) in [5, 5.41) is 6.30. The van der Waals surface area contributed by atoms with E-state index in [1.807, 2.05) is 6.92 Å². The fourth-order valence-electron chi connectivity index (χ4n) is 3.56. The zero-order chi connectivity index (χ0) is 21.6. The van der Waals surface area contributed by atoms with Crippen LogP contribution in [0.25, 0.3) is 0 Å². The Morgan fingerprint density at radius 1 is 1.16 bits per heavy atom. The Hall–Kier alpha value is -1.88. The smallest absolute Gasteiger partial charge is 0.191 e. The first-order valence-electron chi connectivity index (χ1n) is 10.2. The average Bonchev–Trinajstić information content (AvgIpc) is 3.28. The van der Waals surface area contributed by atoms with Gasteiger partial charge in [0, 0.05) is 32.4 Å². The molecule has 1 heterocycles. The molecule has 1 atom stereocenters. The van der Waals surface area contributed by atoms with Crippen molar-refractivity contribution in [2.24, 2.45) is 4.99 Å². The lowest BCUT2D eigenvalue weighted by Gasteiger charge is -2.22. The van der Waals surface area contributed by atoms with Crippen LogP contribution in [0.4, 0.5) is 10.1 Å². The topological polar surface area (TPSA) is 73.8 Å². The van der Waals surface area contributed by atoms with Crippen LogP contribution in [-0.4, -0.2) is 46.8 Å². The molecule has 2 aromatic carbocycles. The lowest BCUT2D eigenvalue weighted by molar-refractivity contribution is 0.566. The molecule has 0 amide bonds. The van der Waals surface area contributed by atoms with E-state index in [1.165, 1.54) is 36.7 Å². The van der Waals surface area contributed by atoms with Crippen molar-refractivity contribution in [2.75, 3.05) is 37.3 Å². The van der Waals surface area contributed by atoms with Crippen LogP contribution >= 0.6 is 24.0 Å². The number of halogens is 2. The van der Waals surface area contributed by atoms with E-state index in [4.69, 9.17) is 0 Å². The minimum Gasteiger partial charge on any atom is -0.372 e. The summed E-state index contributed by atoms with van der Waals surface area (Å²) >= 11 is 0. The van der Waals surface area contributed by atoms with Gasteiger partial charge < -0.3 is 15.5 Å². The molecule has 0 aliphatic carbocycles. The van der Waals surface area contributed by atoms with Crippen LogP contribution in [0.15, 0.2) is 58.4 Å². The van der Waals surface area contributed by atoms with Crippen molar-refractivity contribution in [3.63, 3.8) is 0 Å². The second-order valence-corrected chi connectivity index (χ2v) is 9.48. The lowest BCUT2D eigenvalue weighted by atomic mass is 10.1. The molecule has 0 bridgehead atoms. The van der Waals surface area contributed by atoms with E-state index in [0.717, 1.165) is 24.7 Å². The van der Waals surface area contributed by atoms with Crippen molar-refractivity contribution in [2.45, 2.75) is 30.7 Å². The van der Waals surface area contributed by atoms with Gasteiger partial charge in [0.25, 0.3) is 0 Å². The highest BCUT2D eigenvalue weighted by molar-refractivity contribution is 14.0. The molecule has 170 valence electrons. The molecule has 0 saturated carbocycles. The summed E-state index contributed by atoms with van der Waals surface area (Å²) in [4.78, 5) is 6.29. The Labute approximate surface area is 201 Å². The van der Waals surface area contributed by atoms with Gasteiger partial charge in [-0.05, 0) is 49.6 Å². The van der Waals surface area contributed by atoms with E-state index in [-0.39, 0.29) is 47.2 Å². The second kappa shape index (κ2) is 11.7. The molecule has 1 saturated heterocycles. The third kappa shape index (κ3) is 6.80. The summed E-state index contributed by atoms with van der Waals surface area (Å²) in [7, 11) is -2.08. The maximum absolute atomic E-state index is 13.8. The van der Waals surface area contributed by atoms with Gasteiger partial charge in [0.2, 0.25) is 0 Å². The fourth-order valence-corrected chi connectivity index (χ4v) is 4.80. The van der Waals surface area contributed by atoms with E-state index < -0.39 is 15.7 Å². The Kier molecular flexibility index (Phi) is 9.54. The van der Waals surface area contributed by atoms with Crippen molar-refractivity contribution < 1.29 is 12.8 Å². The highest BCUT2D eigenvalue weighted by Gasteiger charge is 2.19. The van der Waals surface area contributed by atoms with E-state index in [2.05, 4.69) is 44.8 Å². The van der Waals surface area contributed by atoms with Gasteiger partial charge in [-0.1, -0.05) is 24.3 Å². The molecule has 0 aromatic heterocycles. The summed E-state index contributed by atoms with van der Waals surface area (Å²) < 4.78 is 38.6. The number of rotatable bonds is 7. The number of hydrogen-bond acceptors (Lipinski definition) is 4. The monoisotopic (exact) mass is 560 g/mol. The predicted molar refractivity (Wildman–Crippen MR) is 135 cm³/mol. The van der Waals surface area contributed by atoms with Crippen molar-refractivity contribution in [1.29, 1.82) is 0 Å². The van der Waals surface area contributed by atoms with Crippen molar-refractivity contribution in [1.82, 2.24) is 10.6 Å². The summed E-state index contributed by atoms with van der Waals surface area (Å²) in [5.41, 5.74) is 2.35. The van der Waals surface area contributed by atoms with Gasteiger partial charge in [0.05, 0.1) is 11.8 Å². The molecule has 6 nitrogen and oxygen atoms in total. The van der Waals surface area contributed by atoms with Gasteiger partial charge in [-0.25, -0.2) is 12.8 Å². The largest absolute Gasteiger partial charge is 0.372 e. The Morgan fingerprint density at radius 2 is 1.87 bits per heavy atom. The quantitative estimate of drug-likeness (QED) is 0.307. The summed E-state index contributed by atoms with van der Waals surface area (Å²) in [6.07, 6.45) is 2.45. The van der Waals surface area contributed by atoms with Gasteiger partial charge in [0.1, 0.15) is 10.7 Å². The molecule has 3 rings (SSSR count). The molecule has 0 spiro atoms. The van der Waals surface area contributed by atoms with Crippen molar-refractivity contribution in [3.8, 4) is 0 Å². The minimum atomic E-state index is -3.72. The number of benzene rings is 2. The molecule has 2 N–H and O–H groups in total. The molecule has 1 aliphatic heterocycles.